The second kappa shape index (κ2) is 8.51. The number of benzene rings is 3. The van der Waals surface area contributed by atoms with Gasteiger partial charge in [0, 0.05) is 34.7 Å². The molecule has 2 aliphatic rings. The van der Waals surface area contributed by atoms with Crippen LogP contribution in [0.2, 0.25) is 0 Å². The lowest BCUT2D eigenvalue weighted by atomic mass is 10.1. The molecule has 6 nitrogen and oxygen atoms in total. The van der Waals surface area contributed by atoms with Gasteiger partial charge in [-0.05, 0) is 85.8 Å². The van der Waals surface area contributed by atoms with Crippen LogP contribution in [0.3, 0.4) is 0 Å². The minimum absolute atomic E-state index is 0.0521. The van der Waals surface area contributed by atoms with E-state index in [1.807, 2.05) is 18.2 Å². The second-order valence-electron chi connectivity index (χ2n) is 8.88. The topological polar surface area (TPSA) is 67.2 Å². The summed E-state index contributed by atoms with van der Waals surface area (Å²) in [4.78, 5) is 28.0. The molecule has 174 valence electrons. The number of fused-ring (bicyclic) bond motifs is 2. The third-order valence-electron chi connectivity index (χ3n) is 6.74. The highest BCUT2D eigenvalue weighted by Gasteiger charge is 2.28. The molecule has 2 amide bonds. The molecule has 0 atom stereocenters. The molecule has 0 fully saturated rings. The summed E-state index contributed by atoms with van der Waals surface area (Å²) in [5.74, 6) is -0.661. The number of aromatic nitrogens is 2. The fourth-order valence-electron chi connectivity index (χ4n) is 5.01. The van der Waals surface area contributed by atoms with E-state index < -0.39 is 0 Å². The minimum Gasteiger partial charge on any atom is -0.321 e. The van der Waals surface area contributed by atoms with E-state index >= 15 is 0 Å². The highest BCUT2D eigenvalue weighted by molar-refractivity contribution is 6.08. The molecule has 0 spiro atoms. The number of hydrogen-bond donors (Lipinski definition) is 1. The zero-order valence-corrected chi connectivity index (χ0v) is 19.0. The molecule has 0 radical (unpaired) electrons. The van der Waals surface area contributed by atoms with Gasteiger partial charge < -0.3 is 10.2 Å². The number of nitrogens with one attached hydrogen (secondary N) is 1. The van der Waals surface area contributed by atoms with E-state index in [9.17, 15) is 14.0 Å². The first kappa shape index (κ1) is 21.3. The zero-order valence-electron chi connectivity index (χ0n) is 19.0. The van der Waals surface area contributed by atoms with Crippen LogP contribution in [0.25, 0.3) is 5.69 Å². The number of carbonyl (C=O) groups is 2. The first-order valence-corrected chi connectivity index (χ1v) is 11.8. The average molecular weight is 467 g/mol. The number of anilines is 2. The predicted octanol–water partition coefficient (Wildman–Crippen LogP) is 4.96. The van der Waals surface area contributed by atoms with Crippen LogP contribution in [-0.2, 0) is 19.3 Å². The molecule has 1 aliphatic carbocycles. The van der Waals surface area contributed by atoms with E-state index in [0.717, 1.165) is 48.3 Å². The molecule has 2 heterocycles. The van der Waals surface area contributed by atoms with Crippen LogP contribution in [0.5, 0.6) is 0 Å². The first-order valence-electron chi connectivity index (χ1n) is 11.8. The van der Waals surface area contributed by atoms with Crippen molar-refractivity contribution >= 4 is 23.2 Å². The van der Waals surface area contributed by atoms with E-state index in [4.69, 9.17) is 0 Å². The summed E-state index contributed by atoms with van der Waals surface area (Å²) >= 11 is 0. The van der Waals surface area contributed by atoms with Gasteiger partial charge in [0.1, 0.15) is 5.82 Å². The normalized spacial score (nSPS) is 14.0. The van der Waals surface area contributed by atoms with Crippen molar-refractivity contribution in [3.8, 4) is 5.69 Å². The van der Waals surface area contributed by atoms with Crippen LogP contribution in [-0.4, -0.2) is 28.1 Å². The van der Waals surface area contributed by atoms with Crippen molar-refractivity contribution in [3.63, 3.8) is 0 Å². The van der Waals surface area contributed by atoms with Crippen LogP contribution in [0, 0.1) is 5.82 Å². The molecule has 6 rings (SSSR count). The SMILES string of the molecule is O=C(Nc1ccc(C(=O)N2CCc3ccccc32)cc1)c1nn(-c2ccc(F)cc2)c2c1CCC2. The zero-order chi connectivity index (χ0) is 23.9. The van der Waals surface area contributed by atoms with Gasteiger partial charge in [-0.3, -0.25) is 9.59 Å². The fourth-order valence-corrected chi connectivity index (χ4v) is 5.01. The Morgan fingerprint density at radius 1 is 0.886 bits per heavy atom. The van der Waals surface area contributed by atoms with Gasteiger partial charge in [-0.25, -0.2) is 9.07 Å². The predicted molar refractivity (Wildman–Crippen MR) is 132 cm³/mol. The van der Waals surface area contributed by atoms with Crippen molar-refractivity contribution in [1.29, 1.82) is 0 Å². The molecule has 1 aromatic heterocycles. The summed E-state index contributed by atoms with van der Waals surface area (Å²) in [6.45, 7) is 0.665. The van der Waals surface area contributed by atoms with Gasteiger partial charge >= 0.3 is 0 Å². The van der Waals surface area contributed by atoms with Crippen LogP contribution in [0.1, 0.15) is 44.1 Å². The Bertz CT molecular complexity index is 1440. The molecule has 0 bridgehead atoms. The Balaban J connectivity index is 1.21. The minimum atomic E-state index is -0.314. The highest BCUT2D eigenvalue weighted by Crippen LogP contribution is 2.30. The standard InChI is InChI=1S/C28H23FN4O2/c29-20-10-14-22(15-11-20)33-25-7-3-5-23(25)26(31-33)27(34)30-21-12-8-19(9-13-21)28(35)32-17-16-18-4-1-2-6-24(18)32/h1-2,4,6,8-15H,3,5,7,16-17H2,(H,30,34). The highest BCUT2D eigenvalue weighted by atomic mass is 19.1. The Hall–Kier alpha value is -4.26. The molecule has 7 heteroatoms. The van der Waals surface area contributed by atoms with E-state index in [2.05, 4.69) is 16.5 Å². The van der Waals surface area contributed by atoms with Crippen molar-refractivity contribution in [2.45, 2.75) is 25.7 Å². The summed E-state index contributed by atoms with van der Waals surface area (Å²) in [5.41, 5.74) is 6.35. The van der Waals surface area contributed by atoms with Crippen molar-refractivity contribution < 1.29 is 14.0 Å². The smallest absolute Gasteiger partial charge is 0.276 e. The summed E-state index contributed by atoms with van der Waals surface area (Å²) < 4.78 is 15.1. The second-order valence-corrected chi connectivity index (χ2v) is 8.88. The number of halogens is 1. The summed E-state index contributed by atoms with van der Waals surface area (Å²) in [6, 6.07) is 21.0. The van der Waals surface area contributed by atoms with Crippen LogP contribution in [0.4, 0.5) is 15.8 Å². The van der Waals surface area contributed by atoms with Crippen LogP contribution < -0.4 is 10.2 Å². The molecule has 1 N–H and O–H groups in total. The maximum atomic E-state index is 13.4. The van der Waals surface area contributed by atoms with Gasteiger partial charge in [0.15, 0.2) is 5.69 Å². The van der Waals surface area contributed by atoms with E-state index in [-0.39, 0.29) is 17.6 Å². The number of nitrogens with zero attached hydrogens (tertiary/aromatic N) is 3. The Morgan fingerprint density at radius 2 is 1.66 bits per heavy atom. The monoisotopic (exact) mass is 466 g/mol. The number of rotatable bonds is 4. The molecule has 4 aromatic rings. The van der Waals surface area contributed by atoms with Gasteiger partial charge in [-0.2, -0.15) is 5.10 Å². The maximum Gasteiger partial charge on any atom is 0.276 e. The van der Waals surface area contributed by atoms with E-state index in [1.165, 1.54) is 17.7 Å². The molecule has 0 saturated carbocycles. The number of para-hydroxylation sites is 1. The summed E-state index contributed by atoms with van der Waals surface area (Å²) in [7, 11) is 0. The lowest BCUT2D eigenvalue weighted by molar-refractivity contribution is 0.0988. The molecule has 35 heavy (non-hydrogen) atoms. The first-order chi connectivity index (χ1) is 17.1. The number of amides is 2. The number of carbonyl (C=O) groups excluding carboxylic acids is 2. The number of hydrogen-bond acceptors (Lipinski definition) is 3. The fraction of sp³-hybridized carbons (Fsp3) is 0.179. The molecule has 3 aromatic carbocycles. The van der Waals surface area contributed by atoms with Gasteiger partial charge in [0.05, 0.1) is 5.69 Å². The third kappa shape index (κ3) is 3.79. The third-order valence-corrected chi connectivity index (χ3v) is 6.74. The van der Waals surface area contributed by atoms with Gasteiger partial charge in [-0.1, -0.05) is 18.2 Å². The molecule has 0 unspecified atom stereocenters. The van der Waals surface area contributed by atoms with Gasteiger partial charge in [0.25, 0.3) is 11.8 Å². The average Bonchev–Trinajstić information content (AvgIpc) is 3.60. The Morgan fingerprint density at radius 3 is 2.46 bits per heavy atom. The lowest BCUT2D eigenvalue weighted by Gasteiger charge is -2.17. The van der Waals surface area contributed by atoms with Crippen molar-refractivity contribution in [2.75, 3.05) is 16.8 Å². The Labute approximate surface area is 202 Å². The van der Waals surface area contributed by atoms with Crippen molar-refractivity contribution in [3.05, 3.63) is 107 Å². The van der Waals surface area contributed by atoms with E-state index in [1.54, 1.807) is 46.0 Å². The quantitative estimate of drug-likeness (QED) is 0.463. The van der Waals surface area contributed by atoms with Crippen LogP contribution >= 0.6 is 0 Å². The summed E-state index contributed by atoms with van der Waals surface area (Å²) in [5, 5.41) is 7.48. The molecule has 1 aliphatic heterocycles. The van der Waals surface area contributed by atoms with Crippen molar-refractivity contribution in [2.24, 2.45) is 0 Å². The van der Waals surface area contributed by atoms with E-state index in [0.29, 0.717) is 23.5 Å². The molecular weight excluding hydrogens is 443 g/mol. The van der Waals surface area contributed by atoms with Crippen molar-refractivity contribution in [1.82, 2.24) is 9.78 Å². The van der Waals surface area contributed by atoms with Crippen LogP contribution in [0.15, 0.2) is 72.8 Å². The summed E-state index contributed by atoms with van der Waals surface area (Å²) in [6.07, 6.45) is 3.41. The van der Waals surface area contributed by atoms with Gasteiger partial charge in [-0.15, -0.1) is 0 Å². The maximum absolute atomic E-state index is 13.4. The molecule has 0 saturated heterocycles. The lowest BCUT2D eigenvalue weighted by Crippen LogP contribution is -2.28. The molecular formula is C28H23FN4O2. The Kier molecular flexibility index (Phi) is 5.17. The van der Waals surface area contributed by atoms with Gasteiger partial charge in [0.2, 0.25) is 0 Å². The largest absolute Gasteiger partial charge is 0.321 e.